The van der Waals surface area contributed by atoms with Crippen LogP contribution in [0.2, 0.25) is 5.02 Å². The maximum absolute atomic E-state index is 12.7. The highest BCUT2D eigenvalue weighted by atomic mass is 35.5. The third-order valence-corrected chi connectivity index (χ3v) is 5.99. The quantitative estimate of drug-likeness (QED) is 0.494. The summed E-state index contributed by atoms with van der Waals surface area (Å²) in [6.07, 6.45) is 0.556. The molecule has 6 nitrogen and oxygen atoms in total. The number of hydrogen-bond donors (Lipinski definition) is 3. The van der Waals surface area contributed by atoms with Crippen molar-refractivity contribution < 1.29 is 18.4 Å². The highest BCUT2D eigenvalue weighted by Crippen LogP contribution is 2.29. The molecule has 3 N–H and O–H groups in total. The number of benzene rings is 2. The van der Waals surface area contributed by atoms with Crippen LogP contribution in [0, 0.1) is 5.92 Å². The van der Waals surface area contributed by atoms with Crippen LogP contribution in [0.1, 0.15) is 20.3 Å². The van der Waals surface area contributed by atoms with E-state index in [2.05, 4.69) is 4.72 Å². The van der Waals surface area contributed by atoms with Gasteiger partial charge in [0.2, 0.25) is 10.0 Å². The van der Waals surface area contributed by atoms with Crippen LogP contribution in [0.4, 0.5) is 0 Å². The van der Waals surface area contributed by atoms with Crippen molar-refractivity contribution in [3.05, 3.63) is 53.6 Å². The average Bonchev–Trinajstić information content (AvgIpc) is 2.65. The van der Waals surface area contributed by atoms with Crippen LogP contribution >= 0.6 is 11.6 Å². The standard InChI is InChI=1S/C18H21ClN2O4S/c1-3-12(2)17(18(22)20-23)21-26(24,25)14-8-6-7-13(11-14)15-9-4-5-10-16(15)19/h4-12,17,21,23H,3H2,1-2H3,(H,20,22)/t12-,17-/m0/s1. The monoisotopic (exact) mass is 396 g/mol. The molecule has 0 radical (unpaired) electrons. The van der Waals surface area contributed by atoms with E-state index < -0.39 is 22.0 Å². The third-order valence-electron chi connectivity index (χ3n) is 4.22. The zero-order valence-corrected chi connectivity index (χ0v) is 16.0. The third kappa shape index (κ3) is 4.62. The average molecular weight is 397 g/mol. The van der Waals surface area contributed by atoms with E-state index in [0.717, 1.165) is 0 Å². The fraction of sp³-hybridized carbons (Fsp3) is 0.278. The first-order valence-electron chi connectivity index (χ1n) is 8.11. The van der Waals surface area contributed by atoms with Crippen molar-refractivity contribution in [2.24, 2.45) is 5.92 Å². The number of carbonyl (C=O) groups is 1. The lowest BCUT2D eigenvalue weighted by Crippen LogP contribution is -2.49. The first kappa shape index (κ1) is 20.4. The number of hydrogen-bond acceptors (Lipinski definition) is 4. The molecule has 0 heterocycles. The number of amides is 1. The van der Waals surface area contributed by atoms with Gasteiger partial charge in [-0.05, 0) is 29.7 Å². The van der Waals surface area contributed by atoms with E-state index in [1.165, 1.54) is 17.6 Å². The summed E-state index contributed by atoms with van der Waals surface area (Å²) in [5, 5.41) is 9.40. The van der Waals surface area contributed by atoms with Crippen molar-refractivity contribution in [2.45, 2.75) is 31.2 Å². The van der Waals surface area contributed by atoms with Gasteiger partial charge in [0.05, 0.1) is 4.90 Å². The molecule has 8 heteroatoms. The molecule has 0 spiro atoms. The highest BCUT2D eigenvalue weighted by Gasteiger charge is 2.29. The van der Waals surface area contributed by atoms with Crippen LogP contribution in [0.3, 0.4) is 0 Å². The molecule has 0 aromatic heterocycles. The van der Waals surface area contributed by atoms with Crippen LogP contribution in [0.15, 0.2) is 53.4 Å². The van der Waals surface area contributed by atoms with Crippen molar-refractivity contribution >= 4 is 27.5 Å². The van der Waals surface area contributed by atoms with Gasteiger partial charge < -0.3 is 0 Å². The smallest absolute Gasteiger partial charge is 0.261 e. The van der Waals surface area contributed by atoms with Gasteiger partial charge in [-0.1, -0.05) is 62.2 Å². The Kier molecular flexibility index (Phi) is 6.77. The second kappa shape index (κ2) is 8.64. The lowest BCUT2D eigenvalue weighted by molar-refractivity contribution is -0.132. The SMILES string of the molecule is CC[C@H](C)[C@H](NS(=O)(=O)c1cccc(-c2ccccc2Cl)c1)C(=O)NO. The van der Waals surface area contributed by atoms with Crippen LogP contribution in [0.5, 0.6) is 0 Å². The second-order valence-corrected chi connectivity index (χ2v) is 8.09. The summed E-state index contributed by atoms with van der Waals surface area (Å²) < 4.78 is 27.9. The van der Waals surface area contributed by atoms with Gasteiger partial charge in [0, 0.05) is 10.6 Å². The molecule has 2 aromatic carbocycles. The van der Waals surface area contributed by atoms with Crippen molar-refractivity contribution in [3.63, 3.8) is 0 Å². The number of nitrogens with one attached hydrogen (secondary N) is 2. The predicted molar refractivity (Wildman–Crippen MR) is 100 cm³/mol. The van der Waals surface area contributed by atoms with E-state index in [4.69, 9.17) is 16.8 Å². The lowest BCUT2D eigenvalue weighted by atomic mass is 10.00. The zero-order chi connectivity index (χ0) is 19.3. The first-order valence-corrected chi connectivity index (χ1v) is 9.97. The number of rotatable bonds is 7. The maximum Gasteiger partial charge on any atom is 0.261 e. The minimum Gasteiger partial charge on any atom is -0.289 e. The predicted octanol–water partition coefficient (Wildman–Crippen LogP) is 3.21. The topological polar surface area (TPSA) is 95.5 Å². The summed E-state index contributed by atoms with van der Waals surface area (Å²) in [5.74, 6) is -1.10. The van der Waals surface area contributed by atoms with Crippen LogP contribution in [-0.4, -0.2) is 25.6 Å². The summed E-state index contributed by atoms with van der Waals surface area (Å²) in [6, 6.07) is 12.3. The molecule has 140 valence electrons. The van der Waals surface area contributed by atoms with Crippen molar-refractivity contribution in [1.29, 1.82) is 0 Å². The molecule has 0 aliphatic rings. The van der Waals surface area contributed by atoms with E-state index in [-0.39, 0.29) is 10.8 Å². The molecular formula is C18H21ClN2O4S. The summed E-state index contributed by atoms with van der Waals surface area (Å²) in [5.41, 5.74) is 2.87. The molecule has 0 saturated carbocycles. The van der Waals surface area contributed by atoms with Crippen molar-refractivity contribution in [2.75, 3.05) is 0 Å². The summed E-state index contributed by atoms with van der Waals surface area (Å²) in [6.45, 7) is 3.55. The Bertz CT molecular complexity index is 886. The molecular weight excluding hydrogens is 376 g/mol. The van der Waals surface area contributed by atoms with Crippen molar-refractivity contribution in [1.82, 2.24) is 10.2 Å². The van der Waals surface area contributed by atoms with Gasteiger partial charge >= 0.3 is 0 Å². The molecule has 0 unspecified atom stereocenters. The highest BCUT2D eigenvalue weighted by molar-refractivity contribution is 7.89. The van der Waals surface area contributed by atoms with Crippen LogP contribution < -0.4 is 10.2 Å². The molecule has 2 atom stereocenters. The van der Waals surface area contributed by atoms with E-state index in [0.29, 0.717) is 22.6 Å². The Hall–Kier alpha value is -1.93. The molecule has 2 rings (SSSR count). The van der Waals surface area contributed by atoms with Crippen molar-refractivity contribution in [3.8, 4) is 11.1 Å². The zero-order valence-electron chi connectivity index (χ0n) is 14.4. The number of hydroxylamine groups is 1. The van der Waals surface area contributed by atoms with Gasteiger partial charge in [-0.3, -0.25) is 10.0 Å². The van der Waals surface area contributed by atoms with Gasteiger partial charge in [0.15, 0.2) is 0 Å². The van der Waals surface area contributed by atoms with Gasteiger partial charge in [-0.15, -0.1) is 0 Å². The van der Waals surface area contributed by atoms with Gasteiger partial charge in [-0.25, -0.2) is 13.9 Å². The minimum atomic E-state index is -3.98. The molecule has 0 bridgehead atoms. The first-order chi connectivity index (χ1) is 12.3. The Morgan fingerprint density at radius 1 is 1.19 bits per heavy atom. The minimum absolute atomic E-state index is 0.00830. The fourth-order valence-corrected chi connectivity index (χ4v) is 4.09. The van der Waals surface area contributed by atoms with E-state index in [1.807, 2.05) is 13.0 Å². The molecule has 0 saturated heterocycles. The Balaban J connectivity index is 2.39. The van der Waals surface area contributed by atoms with Gasteiger partial charge in [0.1, 0.15) is 6.04 Å². The molecule has 1 amide bonds. The number of sulfonamides is 1. The lowest BCUT2D eigenvalue weighted by Gasteiger charge is -2.22. The van der Waals surface area contributed by atoms with Crippen LogP contribution in [0.25, 0.3) is 11.1 Å². The van der Waals surface area contributed by atoms with E-state index in [1.54, 1.807) is 37.3 Å². The van der Waals surface area contributed by atoms with E-state index in [9.17, 15) is 13.2 Å². The molecule has 2 aromatic rings. The van der Waals surface area contributed by atoms with Gasteiger partial charge in [-0.2, -0.15) is 4.72 Å². The number of carbonyl (C=O) groups excluding carboxylic acids is 1. The van der Waals surface area contributed by atoms with E-state index >= 15 is 0 Å². The second-order valence-electron chi connectivity index (χ2n) is 5.97. The van der Waals surface area contributed by atoms with Gasteiger partial charge in [0.25, 0.3) is 5.91 Å². The normalized spacial score (nSPS) is 13.8. The Morgan fingerprint density at radius 2 is 1.88 bits per heavy atom. The largest absolute Gasteiger partial charge is 0.289 e. The summed E-state index contributed by atoms with van der Waals surface area (Å²) >= 11 is 6.18. The summed E-state index contributed by atoms with van der Waals surface area (Å²) in [7, 11) is -3.98. The number of halogens is 1. The summed E-state index contributed by atoms with van der Waals surface area (Å²) in [4.78, 5) is 11.9. The molecule has 0 aliphatic carbocycles. The van der Waals surface area contributed by atoms with Crippen LogP contribution in [-0.2, 0) is 14.8 Å². The molecule has 26 heavy (non-hydrogen) atoms. The Labute approximate surface area is 158 Å². The molecule has 0 aliphatic heterocycles. The Morgan fingerprint density at radius 3 is 2.50 bits per heavy atom. The maximum atomic E-state index is 12.7. The fourth-order valence-electron chi connectivity index (χ4n) is 2.49. The molecule has 0 fully saturated rings.